The van der Waals surface area contributed by atoms with Gasteiger partial charge in [-0.25, -0.2) is 4.79 Å². The van der Waals surface area contributed by atoms with Crippen molar-refractivity contribution in [2.75, 3.05) is 6.54 Å². The average molecular weight is 347 g/mol. The van der Waals surface area contributed by atoms with Crippen LogP contribution in [0.5, 0.6) is 5.75 Å². The first-order valence-electron chi connectivity index (χ1n) is 8.09. The van der Waals surface area contributed by atoms with Crippen LogP contribution in [-0.4, -0.2) is 26.8 Å². The van der Waals surface area contributed by atoms with Crippen LogP contribution in [-0.2, 0) is 13.2 Å². The monoisotopic (exact) mass is 347 g/mol. The Morgan fingerprint density at radius 3 is 2.52 bits per heavy atom. The summed E-state index contributed by atoms with van der Waals surface area (Å²) in [7, 11) is 0. The summed E-state index contributed by atoms with van der Waals surface area (Å²) in [6.07, 6.45) is 1.37. The van der Waals surface area contributed by atoms with Crippen LogP contribution in [0.4, 0.5) is 0 Å². The normalized spacial score (nSPS) is 11.6. The number of ether oxygens (including phenoxy) is 1. The first kappa shape index (κ1) is 19.0. The van der Waals surface area contributed by atoms with E-state index in [4.69, 9.17) is 10.5 Å². The van der Waals surface area contributed by atoms with Crippen molar-refractivity contribution in [1.29, 1.82) is 0 Å². The van der Waals surface area contributed by atoms with E-state index in [-0.39, 0.29) is 12.1 Å². The predicted octanol–water partition coefficient (Wildman–Crippen LogP) is 0.810. The van der Waals surface area contributed by atoms with Crippen molar-refractivity contribution in [3.8, 4) is 5.75 Å². The third-order valence-corrected chi connectivity index (χ3v) is 3.96. The molecule has 0 bridgehead atoms. The van der Waals surface area contributed by atoms with Crippen LogP contribution < -0.4 is 21.7 Å². The van der Waals surface area contributed by atoms with Gasteiger partial charge in [-0.1, -0.05) is 17.7 Å². The molecule has 0 fully saturated rings. The molecular weight excluding hydrogens is 322 g/mol. The average Bonchev–Trinajstić information content (AvgIpc) is 2.53. The number of aryl methyl sites for hydroxylation is 2. The standard InChI is InChI=1S/C18H25N3O4/c1-11-5-12(2)15(25-18(3,4)10-19)13(6-11)7-21-8-14(9-22)16(23)20-17(21)24/h5-6,8,22H,7,9-10,19H2,1-4H3,(H,20,23,24). The number of nitrogens with zero attached hydrogens (tertiary/aromatic N) is 1. The van der Waals surface area contributed by atoms with Gasteiger partial charge in [0, 0.05) is 18.3 Å². The molecule has 1 aromatic heterocycles. The van der Waals surface area contributed by atoms with Crippen molar-refractivity contribution in [2.24, 2.45) is 5.73 Å². The molecule has 7 heteroatoms. The number of hydrogen-bond donors (Lipinski definition) is 3. The van der Waals surface area contributed by atoms with Crippen LogP contribution in [0.3, 0.4) is 0 Å². The van der Waals surface area contributed by atoms with Crippen molar-refractivity contribution in [1.82, 2.24) is 9.55 Å². The molecule has 2 aromatic rings. The largest absolute Gasteiger partial charge is 0.486 e. The maximum absolute atomic E-state index is 12.1. The van der Waals surface area contributed by atoms with E-state index in [9.17, 15) is 14.7 Å². The predicted molar refractivity (Wildman–Crippen MR) is 96.0 cm³/mol. The lowest BCUT2D eigenvalue weighted by atomic mass is 10.0. The topological polar surface area (TPSA) is 110 Å². The molecule has 0 unspecified atom stereocenters. The summed E-state index contributed by atoms with van der Waals surface area (Å²) in [4.78, 5) is 25.9. The number of aromatic amines is 1. The number of H-pyrrole nitrogens is 1. The van der Waals surface area contributed by atoms with Crippen LogP contribution in [0.25, 0.3) is 0 Å². The zero-order valence-electron chi connectivity index (χ0n) is 15.0. The summed E-state index contributed by atoms with van der Waals surface area (Å²) >= 11 is 0. The highest BCUT2D eigenvalue weighted by Gasteiger charge is 2.21. The maximum Gasteiger partial charge on any atom is 0.328 e. The van der Waals surface area contributed by atoms with Gasteiger partial charge < -0.3 is 15.6 Å². The van der Waals surface area contributed by atoms with E-state index in [1.54, 1.807) is 0 Å². The molecule has 0 atom stereocenters. The zero-order chi connectivity index (χ0) is 18.8. The highest BCUT2D eigenvalue weighted by molar-refractivity contribution is 5.44. The van der Waals surface area contributed by atoms with E-state index >= 15 is 0 Å². The third-order valence-electron chi connectivity index (χ3n) is 3.96. The molecular formula is C18H25N3O4. The van der Waals surface area contributed by atoms with Gasteiger partial charge in [0.05, 0.1) is 18.7 Å². The number of hydrogen-bond acceptors (Lipinski definition) is 5. The second-order valence-electron chi connectivity index (χ2n) is 6.84. The van der Waals surface area contributed by atoms with Crippen molar-refractivity contribution >= 4 is 0 Å². The van der Waals surface area contributed by atoms with Crippen LogP contribution in [0.15, 0.2) is 27.9 Å². The number of aromatic nitrogens is 2. The Hall–Kier alpha value is -2.38. The number of benzene rings is 1. The third kappa shape index (κ3) is 4.37. The molecule has 0 saturated heterocycles. The number of rotatable bonds is 6. The molecule has 0 amide bonds. The number of nitrogens with one attached hydrogen (secondary N) is 1. The fraction of sp³-hybridized carbons (Fsp3) is 0.444. The van der Waals surface area contributed by atoms with Gasteiger partial charge in [0.15, 0.2) is 0 Å². The Morgan fingerprint density at radius 1 is 1.24 bits per heavy atom. The molecule has 7 nitrogen and oxygen atoms in total. The van der Waals surface area contributed by atoms with Gasteiger partial charge in [-0.2, -0.15) is 0 Å². The molecule has 0 spiro atoms. The van der Waals surface area contributed by atoms with Gasteiger partial charge in [0.1, 0.15) is 11.4 Å². The van der Waals surface area contributed by atoms with Crippen LogP contribution in [0.2, 0.25) is 0 Å². The minimum atomic E-state index is -0.579. The van der Waals surface area contributed by atoms with Crippen molar-refractivity contribution < 1.29 is 9.84 Å². The van der Waals surface area contributed by atoms with E-state index in [0.29, 0.717) is 12.3 Å². The van der Waals surface area contributed by atoms with Crippen LogP contribution in [0, 0.1) is 13.8 Å². The molecule has 0 aliphatic heterocycles. The Labute approximate surface area is 146 Å². The summed E-state index contributed by atoms with van der Waals surface area (Å²) in [5, 5.41) is 9.25. The summed E-state index contributed by atoms with van der Waals surface area (Å²) in [5.41, 5.74) is 7.01. The molecule has 0 aliphatic carbocycles. The van der Waals surface area contributed by atoms with E-state index in [1.807, 2.05) is 39.8 Å². The van der Waals surface area contributed by atoms with Crippen molar-refractivity contribution in [3.63, 3.8) is 0 Å². The Bertz CT molecular complexity index is 881. The lowest BCUT2D eigenvalue weighted by Crippen LogP contribution is -2.38. The molecule has 1 aromatic carbocycles. The highest BCUT2D eigenvalue weighted by atomic mass is 16.5. The molecule has 0 aliphatic rings. The van der Waals surface area contributed by atoms with Crippen molar-refractivity contribution in [2.45, 2.75) is 46.4 Å². The first-order chi connectivity index (χ1) is 11.7. The van der Waals surface area contributed by atoms with Gasteiger partial charge in [0.25, 0.3) is 5.56 Å². The van der Waals surface area contributed by atoms with Gasteiger partial charge in [0.2, 0.25) is 0 Å². The lowest BCUT2D eigenvalue weighted by molar-refractivity contribution is 0.116. The molecule has 4 N–H and O–H groups in total. The Kier molecular flexibility index (Phi) is 5.49. The van der Waals surface area contributed by atoms with E-state index < -0.39 is 23.5 Å². The fourth-order valence-electron chi connectivity index (χ4n) is 2.59. The van der Waals surface area contributed by atoms with Gasteiger partial charge in [-0.3, -0.25) is 14.3 Å². The number of nitrogens with two attached hydrogens (primary N) is 1. The van der Waals surface area contributed by atoms with E-state index in [2.05, 4.69) is 4.98 Å². The summed E-state index contributed by atoms with van der Waals surface area (Å²) < 4.78 is 7.45. The van der Waals surface area contributed by atoms with Crippen molar-refractivity contribution in [3.05, 3.63) is 61.4 Å². The molecule has 25 heavy (non-hydrogen) atoms. The molecule has 136 valence electrons. The SMILES string of the molecule is Cc1cc(C)c(OC(C)(C)CN)c(Cn2cc(CO)c(=O)[nH]c2=O)c1. The molecule has 1 heterocycles. The Balaban J connectivity index is 2.53. The Morgan fingerprint density at radius 2 is 1.92 bits per heavy atom. The second-order valence-corrected chi connectivity index (χ2v) is 6.84. The summed E-state index contributed by atoms with van der Waals surface area (Å²) in [6.45, 7) is 7.80. The lowest BCUT2D eigenvalue weighted by Gasteiger charge is -2.28. The minimum absolute atomic E-state index is 0.133. The smallest absolute Gasteiger partial charge is 0.328 e. The first-order valence-corrected chi connectivity index (χ1v) is 8.09. The number of aliphatic hydroxyl groups excluding tert-OH is 1. The van der Waals surface area contributed by atoms with Gasteiger partial charge >= 0.3 is 5.69 Å². The second kappa shape index (κ2) is 7.25. The summed E-state index contributed by atoms with van der Waals surface area (Å²) in [6, 6.07) is 3.94. The van der Waals surface area contributed by atoms with Gasteiger partial charge in [-0.15, -0.1) is 0 Å². The highest BCUT2D eigenvalue weighted by Crippen LogP contribution is 2.29. The fourth-order valence-corrected chi connectivity index (χ4v) is 2.59. The van der Waals surface area contributed by atoms with Crippen LogP contribution >= 0.6 is 0 Å². The maximum atomic E-state index is 12.1. The minimum Gasteiger partial charge on any atom is -0.486 e. The van der Waals surface area contributed by atoms with E-state index in [0.717, 1.165) is 16.7 Å². The van der Waals surface area contributed by atoms with Gasteiger partial charge in [-0.05, 0) is 33.3 Å². The van der Waals surface area contributed by atoms with E-state index in [1.165, 1.54) is 10.8 Å². The zero-order valence-corrected chi connectivity index (χ0v) is 15.0. The number of aliphatic hydroxyl groups is 1. The molecule has 0 saturated carbocycles. The quantitative estimate of drug-likeness (QED) is 0.716. The summed E-state index contributed by atoms with van der Waals surface area (Å²) in [5.74, 6) is 0.671. The molecule has 0 radical (unpaired) electrons. The molecule has 2 rings (SSSR count). The van der Waals surface area contributed by atoms with Crippen LogP contribution in [0.1, 0.15) is 36.1 Å².